The number of amides is 1. The van der Waals surface area contributed by atoms with Crippen molar-refractivity contribution in [2.75, 3.05) is 13.1 Å². The molecule has 1 aromatic heterocycles. The number of rotatable bonds is 2. The zero-order valence-corrected chi connectivity index (χ0v) is 14.1. The van der Waals surface area contributed by atoms with Gasteiger partial charge in [0, 0.05) is 19.2 Å². The molecule has 0 atom stereocenters. The summed E-state index contributed by atoms with van der Waals surface area (Å²) in [5, 5.41) is 8.19. The summed E-state index contributed by atoms with van der Waals surface area (Å²) in [5.74, 6) is 2.10. The molecule has 0 aliphatic carbocycles. The van der Waals surface area contributed by atoms with E-state index >= 15 is 0 Å². The predicted molar refractivity (Wildman–Crippen MR) is 94.8 cm³/mol. The topological polar surface area (TPSA) is 60.2 Å². The van der Waals surface area contributed by atoms with E-state index in [1.54, 1.807) is 6.07 Å². The monoisotopic (exact) mass is 336 g/mol. The molecule has 1 saturated heterocycles. The van der Waals surface area contributed by atoms with Crippen molar-refractivity contribution >= 4 is 17.1 Å². The van der Waals surface area contributed by atoms with Crippen LogP contribution in [0.25, 0.3) is 11.0 Å². The van der Waals surface area contributed by atoms with E-state index < -0.39 is 0 Å². The summed E-state index contributed by atoms with van der Waals surface area (Å²) in [4.78, 5) is 14.6. The first kappa shape index (κ1) is 15.6. The minimum absolute atomic E-state index is 0.105. The lowest BCUT2D eigenvalue weighted by molar-refractivity contribution is 0.173. The Bertz CT molecular complexity index is 883. The van der Waals surface area contributed by atoms with Crippen LogP contribution in [0.1, 0.15) is 19.8 Å². The number of aromatic nitrogens is 3. The van der Waals surface area contributed by atoms with Gasteiger partial charge in [-0.2, -0.15) is 4.68 Å². The first-order valence-corrected chi connectivity index (χ1v) is 8.58. The summed E-state index contributed by atoms with van der Waals surface area (Å²) in [6, 6.07) is 14.9. The first-order chi connectivity index (χ1) is 12.2. The number of ether oxygens (including phenoxy) is 1. The SMILES string of the molecule is CC1CCN(C(=O)n2nnc3cc(Oc4ccccc4)ccc32)CC1. The molecule has 1 amide bonds. The molecular formula is C19H20N4O2. The van der Waals surface area contributed by atoms with Crippen molar-refractivity contribution in [3.8, 4) is 11.5 Å². The van der Waals surface area contributed by atoms with Gasteiger partial charge < -0.3 is 9.64 Å². The Kier molecular flexibility index (Phi) is 4.09. The van der Waals surface area contributed by atoms with E-state index in [-0.39, 0.29) is 6.03 Å². The molecule has 2 heterocycles. The summed E-state index contributed by atoms with van der Waals surface area (Å²) in [7, 11) is 0. The Morgan fingerprint density at radius 2 is 1.84 bits per heavy atom. The predicted octanol–water partition coefficient (Wildman–Crippen LogP) is 3.92. The molecule has 0 bridgehead atoms. The van der Waals surface area contributed by atoms with Crippen molar-refractivity contribution in [3.05, 3.63) is 48.5 Å². The summed E-state index contributed by atoms with van der Waals surface area (Å²) < 4.78 is 7.20. The van der Waals surface area contributed by atoms with E-state index in [1.165, 1.54) is 4.68 Å². The van der Waals surface area contributed by atoms with Crippen LogP contribution in [0.2, 0.25) is 0 Å². The maximum Gasteiger partial charge on any atom is 0.346 e. The second-order valence-electron chi connectivity index (χ2n) is 6.52. The summed E-state index contributed by atoms with van der Waals surface area (Å²) >= 11 is 0. The second-order valence-corrected chi connectivity index (χ2v) is 6.52. The van der Waals surface area contributed by atoms with Crippen molar-refractivity contribution < 1.29 is 9.53 Å². The van der Waals surface area contributed by atoms with Crippen molar-refractivity contribution in [3.63, 3.8) is 0 Å². The van der Waals surface area contributed by atoms with Crippen molar-refractivity contribution in [1.29, 1.82) is 0 Å². The van der Waals surface area contributed by atoms with E-state index in [9.17, 15) is 4.79 Å². The number of benzene rings is 2. The molecule has 25 heavy (non-hydrogen) atoms. The number of fused-ring (bicyclic) bond motifs is 1. The molecule has 0 unspecified atom stereocenters. The normalized spacial score (nSPS) is 15.5. The van der Waals surface area contributed by atoms with Crippen LogP contribution in [-0.4, -0.2) is 39.0 Å². The maximum absolute atomic E-state index is 12.7. The first-order valence-electron chi connectivity index (χ1n) is 8.58. The minimum Gasteiger partial charge on any atom is -0.457 e. The molecule has 1 fully saturated rings. The number of likely N-dealkylation sites (tertiary alicyclic amines) is 1. The molecule has 4 rings (SSSR count). The number of para-hydroxylation sites is 1. The molecular weight excluding hydrogens is 316 g/mol. The van der Waals surface area contributed by atoms with Crippen LogP contribution in [0, 0.1) is 5.92 Å². The standard InChI is InChI=1S/C19H20N4O2/c1-14-9-11-22(12-10-14)19(24)23-18-8-7-16(13-17(18)20-21-23)25-15-5-3-2-4-6-15/h2-8,13-14H,9-12H2,1H3. The third-order valence-corrected chi connectivity index (χ3v) is 4.63. The number of carbonyl (C=O) groups is 1. The summed E-state index contributed by atoms with van der Waals surface area (Å²) in [6.07, 6.45) is 2.07. The van der Waals surface area contributed by atoms with Gasteiger partial charge in [0.1, 0.15) is 17.0 Å². The van der Waals surface area contributed by atoms with Crippen LogP contribution >= 0.6 is 0 Å². The highest BCUT2D eigenvalue weighted by Crippen LogP contribution is 2.25. The van der Waals surface area contributed by atoms with Crippen LogP contribution in [-0.2, 0) is 0 Å². The molecule has 1 aliphatic heterocycles. The molecule has 0 spiro atoms. The molecule has 0 N–H and O–H groups in total. The smallest absolute Gasteiger partial charge is 0.346 e. The molecule has 6 heteroatoms. The quantitative estimate of drug-likeness (QED) is 0.711. The third kappa shape index (κ3) is 3.20. The lowest BCUT2D eigenvalue weighted by Crippen LogP contribution is -2.40. The van der Waals surface area contributed by atoms with Gasteiger partial charge in [-0.05, 0) is 43.0 Å². The van der Waals surface area contributed by atoms with Gasteiger partial charge in [0.25, 0.3) is 0 Å². The lowest BCUT2D eigenvalue weighted by atomic mass is 10.00. The average Bonchev–Trinajstić information content (AvgIpc) is 3.06. The minimum atomic E-state index is -0.105. The highest BCUT2D eigenvalue weighted by Gasteiger charge is 2.23. The Hall–Kier alpha value is -2.89. The molecule has 3 aromatic rings. The van der Waals surface area contributed by atoms with Gasteiger partial charge in [-0.3, -0.25) is 0 Å². The van der Waals surface area contributed by atoms with Crippen LogP contribution in [0.3, 0.4) is 0 Å². The number of piperidine rings is 1. The Morgan fingerprint density at radius 1 is 1.08 bits per heavy atom. The van der Waals surface area contributed by atoms with Gasteiger partial charge in [-0.25, -0.2) is 4.79 Å². The van der Waals surface area contributed by atoms with Crippen molar-refractivity contribution in [2.45, 2.75) is 19.8 Å². The molecule has 6 nitrogen and oxygen atoms in total. The van der Waals surface area contributed by atoms with Gasteiger partial charge in [0.2, 0.25) is 0 Å². The molecule has 128 valence electrons. The largest absolute Gasteiger partial charge is 0.457 e. The molecule has 2 aromatic carbocycles. The number of nitrogens with zero attached hydrogens (tertiary/aromatic N) is 4. The zero-order valence-electron chi connectivity index (χ0n) is 14.1. The fraction of sp³-hybridized carbons (Fsp3) is 0.316. The molecule has 1 aliphatic rings. The second kappa shape index (κ2) is 6.55. The average molecular weight is 336 g/mol. The van der Waals surface area contributed by atoms with Crippen molar-refractivity contribution in [2.24, 2.45) is 5.92 Å². The van der Waals surface area contributed by atoms with E-state index in [0.717, 1.165) is 31.7 Å². The molecule has 0 saturated carbocycles. The highest BCUT2D eigenvalue weighted by atomic mass is 16.5. The van der Waals surface area contributed by atoms with Crippen molar-refractivity contribution in [1.82, 2.24) is 19.9 Å². The zero-order chi connectivity index (χ0) is 17.2. The van der Waals surface area contributed by atoms with E-state index in [0.29, 0.717) is 22.7 Å². The summed E-state index contributed by atoms with van der Waals surface area (Å²) in [6.45, 7) is 3.77. The fourth-order valence-electron chi connectivity index (χ4n) is 3.07. The number of hydrogen-bond acceptors (Lipinski definition) is 4. The third-order valence-electron chi connectivity index (χ3n) is 4.63. The van der Waals surface area contributed by atoms with E-state index in [1.807, 2.05) is 47.4 Å². The van der Waals surface area contributed by atoms with Gasteiger partial charge in [0.05, 0.1) is 5.52 Å². The van der Waals surface area contributed by atoms with Gasteiger partial charge in [0.15, 0.2) is 0 Å². The van der Waals surface area contributed by atoms with Gasteiger partial charge in [-0.15, -0.1) is 5.10 Å². The number of carbonyl (C=O) groups excluding carboxylic acids is 1. The van der Waals surface area contributed by atoms with Crippen LogP contribution in [0.4, 0.5) is 4.79 Å². The van der Waals surface area contributed by atoms with Crippen LogP contribution < -0.4 is 4.74 Å². The Balaban J connectivity index is 1.56. The van der Waals surface area contributed by atoms with Crippen LogP contribution in [0.5, 0.6) is 11.5 Å². The van der Waals surface area contributed by atoms with E-state index in [4.69, 9.17) is 4.74 Å². The van der Waals surface area contributed by atoms with Crippen LogP contribution in [0.15, 0.2) is 48.5 Å². The highest BCUT2D eigenvalue weighted by molar-refractivity contribution is 5.88. The van der Waals surface area contributed by atoms with Gasteiger partial charge >= 0.3 is 6.03 Å². The number of hydrogen-bond donors (Lipinski definition) is 0. The summed E-state index contributed by atoms with van der Waals surface area (Å²) in [5.41, 5.74) is 1.34. The Morgan fingerprint density at radius 3 is 2.60 bits per heavy atom. The maximum atomic E-state index is 12.7. The molecule has 0 radical (unpaired) electrons. The van der Waals surface area contributed by atoms with Gasteiger partial charge in [-0.1, -0.05) is 30.3 Å². The Labute approximate surface area is 146 Å². The fourth-order valence-corrected chi connectivity index (χ4v) is 3.07. The van der Waals surface area contributed by atoms with E-state index in [2.05, 4.69) is 17.2 Å². The lowest BCUT2D eigenvalue weighted by Gasteiger charge is -2.29.